The Hall–Kier alpha value is -2.13. The van der Waals surface area contributed by atoms with E-state index in [2.05, 4.69) is 18.7 Å². The second-order valence-electron chi connectivity index (χ2n) is 5.55. The molecule has 0 heterocycles. The summed E-state index contributed by atoms with van der Waals surface area (Å²) in [6, 6.07) is 11.8. The van der Waals surface area contributed by atoms with Gasteiger partial charge in [0.1, 0.15) is 5.75 Å². The SMILES string of the molecule is CCN(CC)Cc1cc2c(cc1OC)-c1ccccc1C2=O. The minimum absolute atomic E-state index is 0.119. The smallest absolute Gasteiger partial charge is 0.194 e. The van der Waals surface area contributed by atoms with Crippen molar-refractivity contribution in [3.8, 4) is 16.9 Å². The molecule has 0 spiro atoms. The van der Waals surface area contributed by atoms with Crippen molar-refractivity contribution in [2.24, 2.45) is 0 Å². The zero-order chi connectivity index (χ0) is 15.7. The molecule has 0 N–H and O–H groups in total. The standard InChI is InChI=1S/C19H21NO2/c1-4-20(5-2)12-13-10-17-16(11-18(13)22-3)14-8-6-7-9-15(14)19(17)21/h6-11H,4-5,12H2,1-3H3. The molecule has 0 bridgehead atoms. The molecule has 0 amide bonds. The predicted molar refractivity (Wildman–Crippen MR) is 88.5 cm³/mol. The zero-order valence-electron chi connectivity index (χ0n) is 13.3. The number of ether oxygens (including phenoxy) is 1. The average molecular weight is 295 g/mol. The summed E-state index contributed by atoms with van der Waals surface area (Å²) in [5.74, 6) is 0.976. The van der Waals surface area contributed by atoms with E-state index in [0.717, 1.165) is 53.2 Å². The number of carbonyl (C=O) groups excluding carboxylic acids is 1. The second-order valence-corrected chi connectivity index (χ2v) is 5.55. The van der Waals surface area contributed by atoms with E-state index in [1.165, 1.54) is 0 Å². The molecule has 0 atom stereocenters. The van der Waals surface area contributed by atoms with Crippen molar-refractivity contribution in [1.82, 2.24) is 4.90 Å². The first kappa shape index (κ1) is 14.8. The number of methoxy groups -OCH3 is 1. The van der Waals surface area contributed by atoms with E-state index in [4.69, 9.17) is 4.74 Å². The van der Waals surface area contributed by atoms with Crippen LogP contribution in [0.1, 0.15) is 35.3 Å². The van der Waals surface area contributed by atoms with Gasteiger partial charge in [-0.1, -0.05) is 38.1 Å². The van der Waals surface area contributed by atoms with E-state index in [-0.39, 0.29) is 5.78 Å². The predicted octanol–water partition coefficient (Wildman–Crippen LogP) is 3.75. The highest BCUT2D eigenvalue weighted by molar-refractivity contribution is 6.21. The molecule has 0 radical (unpaired) electrons. The van der Waals surface area contributed by atoms with Gasteiger partial charge in [0.2, 0.25) is 0 Å². The Balaban J connectivity index is 2.09. The summed E-state index contributed by atoms with van der Waals surface area (Å²) >= 11 is 0. The van der Waals surface area contributed by atoms with Crippen molar-refractivity contribution >= 4 is 5.78 Å². The maximum Gasteiger partial charge on any atom is 0.194 e. The van der Waals surface area contributed by atoms with Crippen LogP contribution < -0.4 is 4.74 Å². The summed E-state index contributed by atoms with van der Waals surface area (Å²) in [5.41, 5.74) is 4.66. The van der Waals surface area contributed by atoms with Gasteiger partial charge in [0.15, 0.2) is 5.78 Å². The molecule has 3 rings (SSSR count). The summed E-state index contributed by atoms with van der Waals surface area (Å²) in [6.07, 6.45) is 0. The topological polar surface area (TPSA) is 29.5 Å². The summed E-state index contributed by atoms with van der Waals surface area (Å²) in [5, 5.41) is 0. The van der Waals surface area contributed by atoms with E-state index in [9.17, 15) is 4.79 Å². The molecule has 1 aliphatic rings. The van der Waals surface area contributed by atoms with Crippen molar-refractivity contribution in [1.29, 1.82) is 0 Å². The third-order valence-electron chi connectivity index (χ3n) is 4.42. The van der Waals surface area contributed by atoms with Crippen LogP contribution in [0.25, 0.3) is 11.1 Å². The Morgan fingerprint density at radius 3 is 2.27 bits per heavy atom. The van der Waals surface area contributed by atoms with Crippen LogP contribution in [0.4, 0.5) is 0 Å². The minimum atomic E-state index is 0.119. The molecule has 3 nitrogen and oxygen atoms in total. The first-order valence-corrected chi connectivity index (χ1v) is 7.76. The Bertz CT molecular complexity index is 717. The number of rotatable bonds is 5. The zero-order valence-corrected chi connectivity index (χ0v) is 13.3. The molecule has 0 aliphatic heterocycles. The van der Waals surface area contributed by atoms with Crippen molar-refractivity contribution in [2.75, 3.05) is 20.2 Å². The molecule has 3 heteroatoms. The third kappa shape index (κ3) is 2.32. The lowest BCUT2D eigenvalue weighted by Crippen LogP contribution is -2.22. The number of carbonyl (C=O) groups is 1. The molecule has 0 fully saturated rings. The van der Waals surface area contributed by atoms with E-state index in [1.54, 1.807) is 7.11 Å². The quantitative estimate of drug-likeness (QED) is 0.718. The summed E-state index contributed by atoms with van der Waals surface area (Å²) < 4.78 is 5.57. The van der Waals surface area contributed by atoms with Crippen molar-refractivity contribution in [3.63, 3.8) is 0 Å². The van der Waals surface area contributed by atoms with Gasteiger partial charge >= 0.3 is 0 Å². The highest BCUT2D eigenvalue weighted by atomic mass is 16.5. The van der Waals surface area contributed by atoms with Crippen LogP contribution in [0.15, 0.2) is 36.4 Å². The second kappa shape index (κ2) is 5.93. The first-order valence-electron chi connectivity index (χ1n) is 7.76. The van der Waals surface area contributed by atoms with Gasteiger partial charge in [-0.3, -0.25) is 9.69 Å². The molecule has 1 aliphatic carbocycles. The molecular formula is C19H21NO2. The van der Waals surface area contributed by atoms with E-state index in [0.29, 0.717) is 0 Å². The van der Waals surface area contributed by atoms with Gasteiger partial charge in [-0.05, 0) is 36.3 Å². The average Bonchev–Trinajstić information content (AvgIpc) is 2.84. The van der Waals surface area contributed by atoms with Crippen LogP contribution >= 0.6 is 0 Å². The van der Waals surface area contributed by atoms with Gasteiger partial charge < -0.3 is 4.74 Å². The Kier molecular flexibility index (Phi) is 3.99. The number of hydrogen-bond donors (Lipinski definition) is 0. The monoisotopic (exact) mass is 295 g/mol. The van der Waals surface area contributed by atoms with Crippen LogP contribution in [0, 0.1) is 0 Å². The van der Waals surface area contributed by atoms with Crippen LogP contribution in [-0.2, 0) is 6.54 Å². The first-order chi connectivity index (χ1) is 10.7. The molecule has 0 unspecified atom stereocenters. The number of ketones is 1. The highest BCUT2D eigenvalue weighted by Crippen LogP contribution is 2.40. The molecular weight excluding hydrogens is 274 g/mol. The van der Waals surface area contributed by atoms with Crippen molar-refractivity contribution in [3.05, 3.63) is 53.1 Å². The molecule has 114 valence electrons. The maximum absolute atomic E-state index is 12.6. The molecule has 0 saturated heterocycles. The fourth-order valence-electron chi connectivity index (χ4n) is 3.10. The lowest BCUT2D eigenvalue weighted by atomic mass is 10.0. The highest BCUT2D eigenvalue weighted by Gasteiger charge is 2.28. The third-order valence-corrected chi connectivity index (χ3v) is 4.42. The van der Waals surface area contributed by atoms with E-state index in [1.807, 2.05) is 36.4 Å². The normalized spacial score (nSPS) is 12.5. The van der Waals surface area contributed by atoms with Crippen molar-refractivity contribution < 1.29 is 9.53 Å². The minimum Gasteiger partial charge on any atom is -0.496 e. The lowest BCUT2D eigenvalue weighted by Gasteiger charge is -2.20. The van der Waals surface area contributed by atoms with E-state index < -0.39 is 0 Å². The van der Waals surface area contributed by atoms with Crippen molar-refractivity contribution in [2.45, 2.75) is 20.4 Å². The number of hydrogen-bond acceptors (Lipinski definition) is 3. The van der Waals surface area contributed by atoms with Gasteiger partial charge in [0.25, 0.3) is 0 Å². The molecule has 0 aromatic heterocycles. The molecule has 2 aromatic rings. The van der Waals surface area contributed by atoms with E-state index >= 15 is 0 Å². The van der Waals surface area contributed by atoms with Gasteiger partial charge in [0.05, 0.1) is 7.11 Å². The Labute approximate surface area is 131 Å². The molecule has 2 aromatic carbocycles. The molecule has 22 heavy (non-hydrogen) atoms. The van der Waals surface area contributed by atoms with Crippen LogP contribution in [-0.4, -0.2) is 30.9 Å². The maximum atomic E-state index is 12.6. The largest absolute Gasteiger partial charge is 0.496 e. The molecule has 0 saturated carbocycles. The van der Waals surface area contributed by atoms with Gasteiger partial charge in [0, 0.05) is 23.2 Å². The Morgan fingerprint density at radius 2 is 1.64 bits per heavy atom. The summed E-state index contributed by atoms with van der Waals surface area (Å²) in [4.78, 5) is 14.9. The van der Waals surface area contributed by atoms with Crippen LogP contribution in [0.3, 0.4) is 0 Å². The van der Waals surface area contributed by atoms with Gasteiger partial charge in [-0.2, -0.15) is 0 Å². The lowest BCUT2D eigenvalue weighted by molar-refractivity contribution is 0.104. The summed E-state index contributed by atoms with van der Waals surface area (Å²) in [6.45, 7) is 7.04. The Morgan fingerprint density at radius 1 is 0.955 bits per heavy atom. The van der Waals surface area contributed by atoms with Crippen LogP contribution in [0.5, 0.6) is 5.75 Å². The van der Waals surface area contributed by atoms with Gasteiger partial charge in [-0.25, -0.2) is 0 Å². The fourth-order valence-corrected chi connectivity index (χ4v) is 3.10. The number of nitrogens with zero attached hydrogens (tertiary/aromatic N) is 1. The van der Waals surface area contributed by atoms with Crippen LogP contribution in [0.2, 0.25) is 0 Å². The number of fused-ring (bicyclic) bond motifs is 3. The number of benzene rings is 2. The van der Waals surface area contributed by atoms with Gasteiger partial charge in [-0.15, -0.1) is 0 Å². The fraction of sp³-hybridized carbons (Fsp3) is 0.316. The summed E-state index contributed by atoms with van der Waals surface area (Å²) in [7, 11) is 1.69.